The predicted molar refractivity (Wildman–Crippen MR) is 76.2 cm³/mol. The maximum atomic E-state index is 12.0. The van der Waals surface area contributed by atoms with Crippen molar-refractivity contribution < 1.29 is 4.79 Å². The molecule has 2 rings (SSSR count). The highest BCUT2D eigenvalue weighted by atomic mass is 79.9. The molecule has 1 heterocycles. The minimum atomic E-state index is -0.246. The van der Waals surface area contributed by atoms with E-state index < -0.39 is 0 Å². The minimum absolute atomic E-state index is 0.246. The average Bonchev–Trinajstić information content (AvgIpc) is 2.75. The average molecular weight is 327 g/mol. The molecule has 0 aliphatic carbocycles. The van der Waals surface area contributed by atoms with Crippen LogP contribution in [0.4, 0.5) is 15.6 Å². The van der Waals surface area contributed by atoms with Crippen LogP contribution in [0, 0.1) is 6.92 Å². The van der Waals surface area contributed by atoms with Gasteiger partial charge >= 0.3 is 6.03 Å². The number of anilines is 2. The Labute approximate surface area is 117 Å². The molecule has 0 spiro atoms. The lowest BCUT2D eigenvalue weighted by Crippen LogP contribution is -2.31. The molecule has 0 saturated carbocycles. The monoisotopic (exact) mass is 326 g/mol. The first-order valence-corrected chi connectivity index (χ1v) is 6.77. The maximum absolute atomic E-state index is 12.0. The van der Waals surface area contributed by atoms with E-state index >= 15 is 0 Å². The molecule has 0 aliphatic rings. The first-order chi connectivity index (χ1) is 8.56. The molecule has 18 heavy (non-hydrogen) atoms. The number of nitrogens with one attached hydrogen (secondary N) is 1. The lowest BCUT2D eigenvalue weighted by molar-refractivity contribution is 0.258. The van der Waals surface area contributed by atoms with E-state index in [-0.39, 0.29) is 6.03 Å². The summed E-state index contributed by atoms with van der Waals surface area (Å²) < 4.78 is 0.646. The summed E-state index contributed by atoms with van der Waals surface area (Å²) in [5.74, 6) is 0. The third-order valence-electron chi connectivity index (χ3n) is 2.25. The molecular formula is C11H11BrN4OS. The molecular weight excluding hydrogens is 316 g/mol. The molecule has 0 unspecified atom stereocenters. The van der Waals surface area contributed by atoms with Crippen LogP contribution in [-0.4, -0.2) is 23.3 Å². The van der Waals surface area contributed by atoms with Gasteiger partial charge in [-0.05, 0) is 40.5 Å². The first-order valence-electron chi connectivity index (χ1n) is 5.16. The summed E-state index contributed by atoms with van der Waals surface area (Å²) in [6.45, 7) is 1.97. The molecule has 0 atom stereocenters. The highest BCUT2D eigenvalue weighted by molar-refractivity contribution is 9.11. The lowest BCUT2D eigenvalue weighted by atomic mass is 10.2. The Morgan fingerprint density at radius 2 is 2.22 bits per heavy atom. The topological polar surface area (TPSA) is 58.1 Å². The van der Waals surface area contributed by atoms with Crippen molar-refractivity contribution in [1.29, 1.82) is 0 Å². The van der Waals surface area contributed by atoms with E-state index in [9.17, 15) is 4.79 Å². The number of amides is 2. The molecule has 0 saturated heterocycles. The van der Waals surface area contributed by atoms with Crippen LogP contribution in [0.5, 0.6) is 0 Å². The smallest absolute Gasteiger partial charge is 0.307 e. The van der Waals surface area contributed by atoms with Crippen LogP contribution in [0.2, 0.25) is 0 Å². The van der Waals surface area contributed by atoms with Gasteiger partial charge in [-0.3, -0.25) is 4.90 Å². The van der Waals surface area contributed by atoms with Crippen molar-refractivity contribution in [3.05, 3.63) is 33.7 Å². The number of urea groups is 1. The van der Waals surface area contributed by atoms with E-state index in [1.807, 2.05) is 31.2 Å². The molecule has 1 N–H and O–H groups in total. The molecule has 0 aliphatic heterocycles. The summed E-state index contributed by atoms with van der Waals surface area (Å²) in [7, 11) is 1.65. The van der Waals surface area contributed by atoms with E-state index in [0.29, 0.717) is 9.05 Å². The fraction of sp³-hybridized carbons (Fsp3) is 0.182. The summed E-state index contributed by atoms with van der Waals surface area (Å²) in [6, 6.07) is 7.37. The number of rotatable bonds is 2. The van der Waals surface area contributed by atoms with Crippen molar-refractivity contribution >= 4 is 44.1 Å². The predicted octanol–water partition coefficient (Wildman–Crippen LogP) is 3.28. The van der Waals surface area contributed by atoms with Crippen molar-refractivity contribution in [2.24, 2.45) is 0 Å². The number of carbonyl (C=O) groups is 1. The Bertz CT molecular complexity index is 572. The third kappa shape index (κ3) is 3.05. The highest BCUT2D eigenvalue weighted by Gasteiger charge is 2.15. The maximum Gasteiger partial charge on any atom is 0.327 e. The molecule has 94 valence electrons. The number of hydrogen-bond acceptors (Lipinski definition) is 4. The van der Waals surface area contributed by atoms with Gasteiger partial charge in [-0.15, -0.1) is 10.2 Å². The number of nitrogens with zero attached hydrogens (tertiary/aromatic N) is 3. The van der Waals surface area contributed by atoms with E-state index in [2.05, 4.69) is 31.4 Å². The third-order valence-corrected chi connectivity index (χ3v) is 3.68. The fourth-order valence-corrected chi connectivity index (χ4v) is 2.40. The zero-order valence-electron chi connectivity index (χ0n) is 9.85. The summed E-state index contributed by atoms with van der Waals surface area (Å²) in [5, 5.41) is 11.0. The Hall–Kier alpha value is -1.47. The van der Waals surface area contributed by atoms with Crippen molar-refractivity contribution in [1.82, 2.24) is 10.2 Å². The van der Waals surface area contributed by atoms with Gasteiger partial charge in [0.05, 0.1) is 0 Å². The van der Waals surface area contributed by atoms with Gasteiger partial charge in [0.25, 0.3) is 0 Å². The van der Waals surface area contributed by atoms with E-state index in [0.717, 1.165) is 11.3 Å². The number of aromatic nitrogens is 2. The van der Waals surface area contributed by atoms with Crippen LogP contribution < -0.4 is 10.2 Å². The normalized spacial score (nSPS) is 10.2. The standard InChI is InChI=1S/C11H11BrN4OS/c1-7-4-3-5-8(6-7)13-10(17)16(2)11-15-14-9(12)18-11/h3-6H,1-2H3,(H,13,17). The van der Waals surface area contributed by atoms with Gasteiger partial charge in [0.2, 0.25) is 5.13 Å². The van der Waals surface area contributed by atoms with E-state index in [1.54, 1.807) is 7.05 Å². The quantitative estimate of drug-likeness (QED) is 0.921. The van der Waals surface area contributed by atoms with Gasteiger partial charge in [0.15, 0.2) is 3.92 Å². The molecule has 7 heteroatoms. The zero-order valence-corrected chi connectivity index (χ0v) is 12.2. The summed E-state index contributed by atoms with van der Waals surface area (Å²) >= 11 is 4.51. The molecule has 2 amide bonds. The number of benzene rings is 1. The van der Waals surface area contributed by atoms with Crippen molar-refractivity contribution in [2.45, 2.75) is 6.92 Å². The van der Waals surface area contributed by atoms with Gasteiger partial charge in [-0.25, -0.2) is 4.79 Å². The minimum Gasteiger partial charge on any atom is -0.307 e. The van der Waals surface area contributed by atoms with Crippen LogP contribution in [0.3, 0.4) is 0 Å². The van der Waals surface area contributed by atoms with Gasteiger partial charge in [0, 0.05) is 12.7 Å². The van der Waals surface area contributed by atoms with E-state index in [1.165, 1.54) is 16.2 Å². The van der Waals surface area contributed by atoms with Gasteiger partial charge in [0.1, 0.15) is 0 Å². The number of halogens is 1. The van der Waals surface area contributed by atoms with Crippen LogP contribution in [0.15, 0.2) is 28.2 Å². The molecule has 0 fully saturated rings. The van der Waals surface area contributed by atoms with E-state index in [4.69, 9.17) is 0 Å². The van der Waals surface area contributed by atoms with Gasteiger partial charge in [-0.2, -0.15) is 0 Å². The largest absolute Gasteiger partial charge is 0.327 e. The second-order valence-corrected chi connectivity index (χ2v) is 5.93. The zero-order chi connectivity index (χ0) is 13.1. The van der Waals surface area contributed by atoms with Crippen LogP contribution in [0.25, 0.3) is 0 Å². The first kappa shape index (κ1) is 13.0. The lowest BCUT2D eigenvalue weighted by Gasteiger charge is -2.14. The van der Waals surface area contributed by atoms with Crippen molar-refractivity contribution in [3.8, 4) is 0 Å². The molecule has 0 bridgehead atoms. The Balaban J connectivity index is 2.08. The second-order valence-electron chi connectivity index (χ2n) is 3.70. The number of hydrogen-bond donors (Lipinski definition) is 1. The fourth-order valence-electron chi connectivity index (χ4n) is 1.35. The van der Waals surface area contributed by atoms with Gasteiger partial charge < -0.3 is 5.32 Å². The summed E-state index contributed by atoms with van der Waals surface area (Å²) in [5.41, 5.74) is 1.85. The van der Waals surface area contributed by atoms with Crippen LogP contribution in [0.1, 0.15) is 5.56 Å². The summed E-state index contributed by atoms with van der Waals surface area (Å²) in [6.07, 6.45) is 0. The SMILES string of the molecule is Cc1cccc(NC(=O)N(C)c2nnc(Br)s2)c1. The number of carbonyl (C=O) groups excluding carboxylic acids is 1. The molecule has 0 radical (unpaired) electrons. The van der Waals surface area contributed by atoms with Crippen LogP contribution in [-0.2, 0) is 0 Å². The molecule has 1 aromatic carbocycles. The Kier molecular flexibility index (Phi) is 3.93. The summed E-state index contributed by atoms with van der Waals surface area (Å²) in [4.78, 5) is 13.4. The molecule has 2 aromatic rings. The van der Waals surface area contributed by atoms with Crippen molar-refractivity contribution in [2.75, 3.05) is 17.3 Å². The second kappa shape index (κ2) is 5.45. The molecule has 1 aromatic heterocycles. The van der Waals surface area contributed by atoms with Crippen molar-refractivity contribution in [3.63, 3.8) is 0 Å². The Morgan fingerprint density at radius 1 is 1.44 bits per heavy atom. The number of aryl methyl sites for hydroxylation is 1. The van der Waals surface area contributed by atoms with Gasteiger partial charge in [-0.1, -0.05) is 23.5 Å². The Morgan fingerprint density at radius 3 is 2.83 bits per heavy atom. The van der Waals surface area contributed by atoms with Crippen LogP contribution >= 0.6 is 27.3 Å². The highest BCUT2D eigenvalue weighted by Crippen LogP contribution is 2.23. The molecule has 5 nitrogen and oxygen atoms in total.